The Morgan fingerprint density at radius 3 is 2.12 bits per heavy atom. The molecular formula is C13H20O3. The molecule has 0 bridgehead atoms. The van der Waals surface area contributed by atoms with Crippen LogP contribution < -0.4 is 0 Å². The molecule has 0 unspecified atom stereocenters. The van der Waals surface area contributed by atoms with Gasteiger partial charge in [0, 0.05) is 19.8 Å². The first-order valence-corrected chi connectivity index (χ1v) is 5.29. The largest absolute Gasteiger partial charge is 0.507 e. The van der Waals surface area contributed by atoms with Gasteiger partial charge in [0.25, 0.3) is 0 Å². The van der Waals surface area contributed by atoms with Crippen LogP contribution >= 0.6 is 0 Å². The van der Waals surface area contributed by atoms with Gasteiger partial charge in [0.2, 0.25) is 0 Å². The van der Waals surface area contributed by atoms with Gasteiger partial charge in [-0.1, -0.05) is 26.8 Å². The van der Waals surface area contributed by atoms with E-state index in [1.165, 1.54) is 0 Å². The average molecular weight is 224 g/mol. The second-order valence-corrected chi connectivity index (χ2v) is 4.83. The number of phenolic OH excluding ortho intramolecular Hbond substituents is 1. The molecule has 16 heavy (non-hydrogen) atoms. The average Bonchev–Trinajstić information content (AvgIpc) is 2.20. The molecule has 0 aliphatic carbocycles. The SMILES string of the molecule is COC(OC)c1cc(C(C)(C)C)ccc1O. The zero-order chi connectivity index (χ0) is 12.3. The van der Waals surface area contributed by atoms with Gasteiger partial charge in [-0.25, -0.2) is 0 Å². The standard InChI is InChI=1S/C13H20O3/c1-13(2,3)9-6-7-11(14)10(8-9)12(15-4)16-5/h6-8,12,14H,1-5H3. The predicted octanol–water partition coefficient (Wildman–Crippen LogP) is 2.98. The second-order valence-electron chi connectivity index (χ2n) is 4.83. The third-order valence-corrected chi connectivity index (χ3v) is 2.58. The van der Waals surface area contributed by atoms with E-state index in [4.69, 9.17) is 9.47 Å². The van der Waals surface area contributed by atoms with Crippen LogP contribution in [0.1, 0.15) is 38.2 Å². The van der Waals surface area contributed by atoms with E-state index >= 15 is 0 Å². The molecular weight excluding hydrogens is 204 g/mol. The molecule has 0 radical (unpaired) electrons. The zero-order valence-electron chi connectivity index (χ0n) is 10.6. The van der Waals surface area contributed by atoms with Crippen molar-refractivity contribution >= 4 is 0 Å². The predicted molar refractivity (Wildman–Crippen MR) is 63.6 cm³/mol. The molecule has 0 aliphatic heterocycles. The molecule has 0 amide bonds. The highest BCUT2D eigenvalue weighted by atomic mass is 16.7. The summed E-state index contributed by atoms with van der Waals surface area (Å²) in [4.78, 5) is 0. The molecule has 0 spiro atoms. The molecule has 0 aromatic heterocycles. The Hall–Kier alpha value is -1.06. The molecule has 1 aromatic rings. The van der Waals surface area contributed by atoms with Gasteiger partial charge in [0.15, 0.2) is 6.29 Å². The first kappa shape index (κ1) is 13.0. The van der Waals surface area contributed by atoms with E-state index in [-0.39, 0.29) is 11.2 Å². The third-order valence-electron chi connectivity index (χ3n) is 2.58. The minimum atomic E-state index is -0.526. The lowest BCUT2D eigenvalue weighted by Gasteiger charge is -2.22. The summed E-state index contributed by atoms with van der Waals surface area (Å²) >= 11 is 0. The lowest BCUT2D eigenvalue weighted by molar-refractivity contribution is -0.107. The molecule has 3 heteroatoms. The van der Waals surface area contributed by atoms with E-state index in [0.717, 1.165) is 5.56 Å². The Labute approximate surface area is 97.0 Å². The number of rotatable bonds is 3. The van der Waals surface area contributed by atoms with Crippen LogP contribution in [0.4, 0.5) is 0 Å². The second kappa shape index (κ2) is 4.85. The molecule has 1 N–H and O–H groups in total. The number of phenols is 1. The summed E-state index contributed by atoms with van der Waals surface area (Å²) in [6.45, 7) is 6.37. The minimum Gasteiger partial charge on any atom is -0.507 e. The fraction of sp³-hybridized carbons (Fsp3) is 0.538. The zero-order valence-corrected chi connectivity index (χ0v) is 10.6. The minimum absolute atomic E-state index is 0.0362. The number of aromatic hydroxyl groups is 1. The topological polar surface area (TPSA) is 38.7 Å². The molecule has 3 nitrogen and oxygen atoms in total. The van der Waals surface area contributed by atoms with Crippen molar-refractivity contribution in [3.63, 3.8) is 0 Å². The summed E-state index contributed by atoms with van der Waals surface area (Å²) in [7, 11) is 3.11. The van der Waals surface area contributed by atoms with E-state index in [2.05, 4.69) is 20.8 Å². The van der Waals surface area contributed by atoms with Crippen molar-refractivity contribution in [1.82, 2.24) is 0 Å². The highest BCUT2D eigenvalue weighted by Crippen LogP contribution is 2.32. The normalized spacial score (nSPS) is 12.1. The summed E-state index contributed by atoms with van der Waals surface area (Å²) < 4.78 is 10.3. The Bertz CT molecular complexity index is 349. The fourth-order valence-electron chi connectivity index (χ4n) is 1.56. The molecule has 1 rings (SSSR count). The van der Waals surface area contributed by atoms with Gasteiger partial charge in [-0.05, 0) is 23.1 Å². The number of ether oxygens (including phenoxy) is 2. The van der Waals surface area contributed by atoms with Crippen LogP contribution in [0.5, 0.6) is 5.75 Å². The van der Waals surface area contributed by atoms with Gasteiger partial charge in [-0.15, -0.1) is 0 Å². The van der Waals surface area contributed by atoms with Crippen LogP contribution in [0.15, 0.2) is 18.2 Å². The van der Waals surface area contributed by atoms with Crippen molar-refractivity contribution in [2.24, 2.45) is 0 Å². The maximum absolute atomic E-state index is 9.77. The summed E-state index contributed by atoms with van der Waals surface area (Å²) in [6.07, 6.45) is -0.526. The van der Waals surface area contributed by atoms with Gasteiger partial charge in [0.05, 0.1) is 0 Å². The van der Waals surface area contributed by atoms with Crippen molar-refractivity contribution in [1.29, 1.82) is 0 Å². The highest BCUT2D eigenvalue weighted by molar-refractivity contribution is 5.39. The highest BCUT2D eigenvalue weighted by Gasteiger charge is 2.19. The van der Waals surface area contributed by atoms with Gasteiger partial charge < -0.3 is 14.6 Å². The van der Waals surface area contributed by atoms with Crippen LogP contribution in [0.25, 0.3) is 0 Å². The van der Waals surface area contributed by atoms with Crippen molar-refractivity contribution in [3.8, 4) is 5.75 Å². The molecule has 0 aliphatic rings. The van der Waals surface area contributed by atoms with E-state index < -0.39 is 6.29 Å². The van der Waals surface area contributed by atoms with Crippen LogP contribution in [0.2, 0.25) is 0 Å². The lowest BCUT2D eigenvalue weighted by Crippen LogP contribution is -2.13. The summed E-state index contributed by atoms with van der Waals surface area (Å²) in [5, 5.41) is 9.77. The van der Waals surface area contributed by atoms with Crippen LogP contribution in [-0.4, -0.2) is 19.3 Å². The Morgan fingerprint density at radius 1 is 1.12 bits per heavy atom. The van der Waals surface area contributed by atoms with Crippen molar-refractivity contribution in [3.05, 3.63) is 29.3 Å². The first-order valence-electron chi connectivity index (χ1n) is 5.29. The number of hydrogen-bond acceptors (Lipinski definition) is 3. The lowest BCUT2D eigenvalue weighted by atomic mass is 9.86. The van der Waals surface area contributed by atoms with Crippen LogP contribution in [0, 0.1) is 0 Å². The molecule has 0 saturated carbocycles. The number of hydrogen-bond donors (Lipinski definition) is 1. The molecule has 0 fully saturated rings. The summed E-state index contributed by atoms with van der Waals surface area (Å²) in [5.74, 6) is 0.196. The molecule has 90 valence electrons. The van der Waals surface area contributed by atoms with E-state index in [0.29, 0.717) is 5.56 Å². The van der Waals surface area contributed by atoms with Crippen molar-refractivity contribution in [2.75, 3.05) is 14.2 Å². The summed E-state index contributed by atoms with van der Waals surface area (Å²) in [5.41, 5.74) is 1.84. The van der Waals surface area contributed by atoms with E-state index in [9.17, 15) is 5.11 Å². The Morgan fingerprint density at radius 2 is 1.69 bits per heavy atom. The Kier molecular flexibility index (Phi) is 3.94. The molecule has 0 atom stereocenters. The Balaban J connectivity index is 3.18. The van der Waals surface area contributed by atoms with Crippen LogP contribution in [-0.2, 0) is 14.9 Å². The maximum atomic E-state index is 9.77. The molecule has 0 saturated heterocycles. The van der Waals surface area contributed by atoms with Gasteiger partial charge in [-0.2, -0.15) is 0 Å². The third kappa shape index (κ3) is 2.74. The van der Waals surface area contributed by atoms with Crippen LogP contribution in [0.3, 0.4) is 0 Å². The smallest absolute Gasteiger partial charge is 0.186 e. The van der Waals surface area contributed by atoms with E-state index in [1.54, 1.807) is 20.3 Å². The number of benzene rings is 1. The van der Waals surface area contributed by atoms with Crippen molar-refractivity contribution < 1.29 is 14.6 Å². The fourth-order valence-corrected chi connectivity index (χ4v) is 1.56. The number of methoxy groups -OCH3 is 2. The van der Waals surface area contributed by atoms with Gasteiger partial charge in [-0.3, -0.25) is 0 Å². The monoisotopic (exact) mass is 224 g/mol. The first-order chi connectivity index (χ1) is 7.40. The quantitative estimate of drug-likeness (QED) is 0.802. The summed E-state index contributed by atoms with van der Waals surface area (Å²) in [6, 6.07) is 5.52. The maximum Gasteiger partial charge on any atom is 0.186 e. The molecule has 1 aromatic carbocycles. The van der Waals surface area contributed by atoms with Crippen molar-refractivity contribution in [2.45, 2.75) is 32.5 Å². The van der Waals surface area contributed by atoms with E-state index in [1.807, 2.05) is 12.1 Å². The molecule has 0 heterocycles. The van der Waals surface area contributed by atoms with Gasteiger partial charge >= 0.3 is 0 Å². The van der Waals surface area contributed by atoms with Gasteiger partial charge in [0.1, 0.15) is 5.75 Å².